The molecule has 2 aromatic rings. The van der Waals surface area contributed by atoms with E-state index in [1.807, 2.05) is 44.2 Å². The Balaban J connectivity index is 2.13. The van der Waals surface area contributed by atoms with E-state index in [2.05, 4.69) is 10.3 Å². The van der Waals surface area contributed by atoms with Gasteiger partial charge in [0.15, 0.2) is 0 Å². The number of benzene rings is 2. The highest BCUT2D eigenvalue weighted by atomic mass is 35.5. The molecule has 3 rings (SSSR count). The van der Waals surface area contributed by atoms with Crippen molar-refractivity contribution < 1.29 is 4.79 Å². The summed E-state index contributed by atoms with van der Waals surface area (Å²) in [5.41, 5.74) is 4.75. The molecule has 2 aromatic carbocycles. The minimum absolute atomic E-state index is 0.188. The van der Waals surface area contributed by atoms with Crippen molar-refractivity contribution in [2.24, 2.45) is 4.99 Å². The molecule has 1 aliphatic rings. The third-order valence-corrected chi connectivity index (χ3v) is 3.76. The molecule has 0 bridgehead atoms. The van der Waals surface area contributed by atoms with Crippen LogP contribution in [-0.4, -0.2) is 11.6 Å². The summed E-state index contributed by atoms with van der Waals surface area (Å²) in [4.78, 5) is 16.6. The zero-order chi connectivity index (χ0) is 14.3. The fourth-order valence-corrected chi connectivity index (χ4v) is 2.43. The molecule has 0 unspecified atom stereocenters. The molecule has 1 N–H and O–H groups in total. The second-order valence-corrected chi connectivity index (χ2v) is 5.26. The van der Waals surface area contributed by atoms with Gasteiger partial charge in [0.05, 0.1) is 11.4 Å². The van der Waals surface area contributed by atoms with Crippen molar-refractivity contribution in [3.05, 3.63) is 58.1 Å². The number of halogens is 1. The molecule has 0 aromatic heterocycles. The largest absolute Gasteiger partial charge is 0.320 e. The minimum atomic E-state index is -0.188. The minimum Gasteiger partial charge on any atom is -0.320 e. The van der Waals surface area contributed by atoms with Gasteiger partial charge >= 0.3 is 0 Å². The molecule has 3 nitrogen and oxygen atoms in total. The molecule has 0 aliphatic carbocycles. The third kappa shape index (κ3) is 2.10. The first-order valence-electron chi connectivity index (χ1n) is 6.32. The van der Waals surface area contributed by atoms with Crippen LogP contribution in [-0.2, 0) is 4.79 Å². The lowest BCUT2D eigenvalue weighted by molar-refractivity contribution is -0.110. The zero-order valence-electron chi connectivity index (χ0n) is 11.2. The lowest BCUT2D eigenvalue weighted by Gasteiger charge is -2.04. The summed E-state index contributed by atoms with van der Waals surface area (Å²) in [5.74, 6) is -0.188. The Morgan fingerprint density at radius 1 is 1.15 bits per heavy atom. The molecular formula is C16H13ClN2O. The highest BCUT2D eigenvalue weighted by Crippen LogP contribution is 2.33. The summed E-state index contributed by atoms with van der Waals surface area (Å²) in [7, 11) is 0. The Labute approximate surface area is 122 Å². The molecular weight excluding hydrogens is 272 g/mol. The Kier molecular flexibility index (Phi) is 3.07. The number of rotatable bonds is 1. The smallest absolute Gasteiger partial charge is 0.275 e. The van der Waals surface area contributed by atoms with Gasteiger partial charge in [0.25, 0.3) is 5.91 Å². The van der Waals surface area contributed by atoms with Crippen LogP contribution in [0.25, 0.3) is 0 Å². The quantitative estimate of drug-likeness (QED) is 0.844. The number of aliphatic imine (C=N–C) groups is 1. The molecule has 100 valence electrons. The number of carbonyl (C=O) groups is 1. The zero-order valence-corrected chi connectivity index (χ0v) is 12.0. The van der Waals surface area contributed by atoms with E-state index >= 15 is 0 Å². The van der Waals surface area contributed by atoms with Gasteiger partial charge in [-0.2, -0.15) is 0 Å². The van der Waals surface area contributed by atoms with E-state index in [9.17, 15) is 4.79 Å². The number of fused-ring (bicyclic) bond motifs is 1. The molecule has 0 fully saturated rings. The normalized spacial score (nSPS) is 15.3. The van der Waals surface area contributed by atoms with Crippen LogP contribution in [0.15, 0.2) is 41.4 Å². The third-order valence-electron chi connectivity index (χ3n) is 3.35. The van der Waals surface area contributed by atoms with E-state index in [0.29, 0.717) is 10.7 Å². The van der Waals surface area contributed by atoms with Crippen LogP contribution in [0.4, 0.5) is 11.4 Å². The molecule has 0 radical (unpaired) electrons. The fraction of sp³-hybridized carbons (Fsp3) is 0.125. The van der Waals surface area contributed by atoms with Crippen molar-refractivity contribution in [1.29, 1.82) is 0 Å². The molecule has 1 amide bonds. The van der Waals surface area contributed by atoms with Crippen LogP contribution in [0, 0.1) is 13.8 Å². The molecule has 1 aliphatic heterocycles. The number of nitrogens with zero attached hydrogens (tertiary/aromatic N) is 1. The summed E-state index contributed by atoms with van der Waals surface area (Å²) in [6, 6.07) is 11.4. The molecule has 1 heterocycles. The standard InChI is InChI=1S/C16H13ClN2O/c1-9-4-3-5-11(8-9)18-15-12-6-7-13(17)10(2)14(12)19-16(15)20/h3-8H,1-2H3,(H,18,19,20). The predicted molar refractivity (Wildman–Crippen MR) is 82.2 cm³/mol. The van der Waals surface area contributed by atoms with Crippen molar-refractivity contribution in [2.75, 3.05) is 5.32 Å². The molecule has 0 atom stereocenters. The molecule has 20 heavy (non-hydrogen) atoms. The number of nitrogens with one attached hydrogen (secondary N) is 1. The van der Waals surface area contributed by atoms with Crippen LogP contribution in [0.1, 0.15) is 16.7 Å². The number of aryl methyl sites for hydroxylation is 1. The Bertz CT molecular complexity index is 750. The maximum Gasteiger partial charge on any atom is 0.275 e. The van der Waals surface area contributed by atoms with Gasteiger partial charge in [-0.25, -0.2) is 4.99 Å². The number of carbonyl (C=O) groups excluding carboxylic acids is 1. The number of hydrogen-bond acceptors (Lipinski definition) is 2. The van der Waals surface area contributed by atoms with Crippen LogP contribution in [0.5, 0.6) is 0 Å². The highest BCUT2D eigenvalue weighted by molar-refractivity contribution is 6.54. The van der Waals surface area contributed by atoms with E-state index in [-0.39, 0.29) is 5.91 Å². The summed E-state index contributed by atoms with van der Waals surface area (Å²) in [5, 5.41) is 3.48. The molecule has 0 spiro atoms. The average Bonchev–Trinajstić information content (AvgIpc) is 2.72. The van der Waals surface area contributed by atoms with E-state index in [1.54, 1.807) is 6.07 Å². The van der Waals surface area contributed by atoms with Crippen LogP contribution < -0.4 is 5.32 Å². The maximum atomic E-state index is 12.1. The second kappa shape index (κ2) is 4.76. The SMILES string of the molecule is Cc1cccc(N=C2C(=O)Nc3c2ccc(Cl)c3C)c1. The predicted octanol–water partition coefficient (Wildman–Crippen LogP) is 4.03. The first-order chi connectivity index (χ1) is 9.56. The lowest BCUT2D eigenvalue weighted by Crippen LogP contribution is -2.13. The van der Waals surface area contributed by atoms with Gasteiger partial charge in [-0.05, 0) is 49.2 Å². The molecule has 4 heteroatoms. The summed E-state index contributed by atoms with van der Waals surface area (Å²) < 4.78 is 0. The monoisotopic (exact) mass is 284 g/mol. The molecule has 0 saturated heterocycles. The maximum absolute atomic E-state index is 12.1. The lowest BCUT2D eigenvalue weighted by atomic mass is 10.1. The number of anilines is 1. The average molecular weight is 285 g/mol. The number of hydrogen-bond donors (Lipinski definition) is 1. The first-order valence-corrected chi connectivity index (χ1v) is 6.70. The van der Waals surface area contributed by atoms with Crippen LogP contribution in [0.3, 0.4) is 0 Å². The second-order valence-electron chi connectivity index (χ2n) is 4.85. The van der Waals surface area contributed by atoms with E-state index in [0.717, 1.165) is 28.1 Å². The summed E-state index contributed by atoms with van der Waals surface area (Å²) in [6.07, 6.45) is 0. The topological polar surface area (TPSA) is 41.5 Å². The van der Waals surface area contributed by atoms with Crippen molar-refractivity contribution in [3.63, 3.8) is 0 Å². The van der Waals surface area contributed by atoms with Gasteiger partial charge in [0, 0.05) is 10.6 Å². The van der Waals surface area contributed by atoms with Crippen LogP contribution in [0.2, 0.25) is 5.02 Å². The highest BCUT2D eigenvalue weighted by Gasteiger charge is 2.28. The summed E-state index contributed by atoms with van der Waals surface area (Å²) in [6.45, 7) is 3.88. The first kappa shape index (κ1) is 12.9. The Morgan fingerprint density at radius 2 is 1.95 bits per heavy atom. The summed E-state index contributed by atoms with van der Waals surface area (Å²) >= 11 is 6.08. The van der Waals surface area contributed by atoms with Gasteiger partial charge in [-0.1, -0.05) is 23.7 Å². The number of amides is 1. The van der Waals surface area contributed by atoms with Crippen molar-refractivity contribution >= 4 is 34.6 Å². The Hall–Kier alpha value is -2.13. The fourth-order valence-electron chi connectivity index (χ4n) is 2.28. The van der Waals surface area contributed by atoms with Gasteiger partial charge in [-0.3, -0.25) is 4.79 Å². The van der Waals surface area contributed by atoms with E-state index < -0.39 is 0 Å². The van der Waals surface area contributed by atoms with Crippen molar-refractivity contribution in [3.8, 4) is 0 Å². The van der Waals surface area contributed by atoms with Crippen LogP contribution >= 0.6 is 11.6 Å². The van der Waals surface area contributed by atoms with Gasteiger partial charge < -0.3 is 5.32 Å². The molecule has 0 saturated carbocycles. The van der Waals surface area contributed by atoms with E-state index in [1.165, 1.54) is 0 Å². The van der Waals surface area contributed by atoms with Gasteiger partial charge in [0.1, 0.15) is 5.71 Å². The van der Waals surface area contributed by atoms with Crippen molar-refractivity contribution in [1.82, 2.24) is 0 Å². The van der Waals surface area contributed by atoms with Gasteiger partial charge in [0.2, 0.25) is 0 Å². The van der Waals surface area contributed by atoms with Crippen molar-refractivity contribution in [2.45, 2.75) is 13.8 Å². The Morgan fingerprint density at radius 3 is 2.70 bits per heavy atom. The van der Waals surface area contributed by atoms with E-state index in [4.69, 9.17) is 11.6 Å². The van der Waals surface area contributed by atoms with Gasteiger partial charge in [-0.15, -0.1) is 0 Å².